The first-order valence-electron chi connectivity index (χ1n) is 4.12. The van der Waals surface area contributed by atoms with Gasteiger partial charge in [0.1, 0.15) is 0 Å². The van der Waals surface area contributed by atoms with E-state index >= 15 is 0 Å². The van der Waals surface area contributed by atoms with E-state index in [2.05, 4.69) is 10.4 Å². The van der Waals surface area contributed by atoms with Crippen LogP contribution in [-0.4, -0.2) is 10.9 Å². The molecule has 1 aromatic rings. The molecule has 0 fully saturated rings. The van der Waals surface area contributed by atoms with Crippen molar-refractivity contribution in [1.82, 2.24) is 10.4 Å². The molecule has 0 radical (unpaired) electrons. The van der Waals surface area contributed by atoms with Crippen LogP contribution in [0.5, 0.6) is 0 Å². The van der Waals surface area contributed by atoms with Crippen molar-refractivity contribution in [2.75, 3.05) is 0 Å². The second kappa shape index (κ2) is 4.00. The molecule has 0 aliphatic rings. The molecule has 1 heterocycles. The predicted molar refractivity (Wildman–Crippen MR) is 50.0 cm³/mol. The van der Waals surface area contributed by atoms with E-state index in [1.54, 1.807) is 6.07 Å². The smallest absolute Gasteiger partial charge is 0.266 e. The van der Waals surface area contributed by atoms with Gasteiger partial charge in [-0.2, -0.15) is 0 Å². The van der Waals surface area contributed by atoms with Crippen molar-refractivity contribution in [3.63, 3.8) is 0 Å². The lowest BCUT2D eigenvalue weighted by molar-refractivity contribution is 0.0953. The van der Waals surface area contributed by atoms with Crippen LogP contribution in [0, 0.1) is 0 Å². The zero-order valence-electron chi connectivity index (χ0n) is 7.74. The Morgan fingerprint density at radius 3 is 2.62 bits per heavy atom. The molecule has 0 atom stereocenters. The molecular weight excluding hydrogens is 166 g/mol. The molecular formula is C9H13N3O. The van der Waals surface area contributed by atoms with Crippen LogP contribution in [0.2, 0.25) is 0 Å². The summed E-state index contributed by atoms with van der Waals surface area (Å²) in [6, 6.07) is 3.54. The van der Waals surface area contributed by atoms with Gasteiger partial charge in [0, 0.05) is 11.9 Å². The molecule has 0 aliphatic heterocycles. The van der Waals surface area contributed by atoms with E-state index in [-0.39, 0.29) is 5.91 Å². The Morgan fingerprint density at radius 1 is 1.54 bits per heavy atom. The second-order valence-electron chi connectivity index (χ2n) is 3.10. The summed E-state index contributed by atoms with van der Waals surface area (Å²) >= 11 is 0. The normalized spacial score (nSPS) is 10.2. The highest BCUT2D eigenvalue weighted by molar-refractivity contribution is 5.93. The molecule has 0 bridgehead atoms. The molecule has 0 aromatic carbocycles. The molecule has 0 unspecified atom stereocenters. The Morgan fingerprint density at radius 2 is 2.23 bits per heavy atom. The molecule has 0 aliphatic carbocycles. The minimum atomic E-state index is -0.317. The summed E-state index contributed by atoms with van der Waals surface area (Å²) in [7, 11) is 0. The summed E-state index contributed by atoms with van der Waals surface area (Å²) in [4.78, 5) is 15.1. The third-order valence-electron chi connectivity index (χ3n) is 1.77. The summed E-state index contributed by atoms with van der Waals surface area (Å²) in [6.45, 7) is 4.09. The lowest BCUT2D eigenvalue weighted by Gasteiger charge is -2.04. The van der Waals surface area contributed by atoms with Crippen LogP contribution in [0.4, 0.5) is 0 Å². The number of nitrogens with one attached hydrogen (secondary N) is 1. The SMILES string of the molecule is CC(C)c1ccc(C(=O)NN)cn1. The number of hydrogen-bond acceptors (Lipinski definition) is 3. The van der Waals surface area contributed by atoms with Crippen LogP contribution in [0.1, 0.15) is 35.8 Å². The lowest BCUT2D eigenvalue weighted by atomic mass is 10.1. The van der Waals surface area contributed by atoms with Crippen LogP contribution in [-0.2, 0) is 0 Å². The Kier molecular flexibility index (Phi) is 2.97. The predicted octanol–water partition coefficient (Wildman–Crippen LogP) is 0.809. The van der Waals surface area contributed by atoms with Crippen molar-refractivity contribution < 1.29 is 4.79 Å². The van der Waals surface area contributed by atoms with Crippen molar-refractivity contribution in [3.05, 3.63) is 29.6 Å². The first-order chi connectivity index (χ1) is 6.15. The summed E-state index contributed by atoms with van der Waals surface area (Å²) < 4.78 is 0. The summed E-state index contributed by atoms with van der Waals surface area (Å²) in [6.07, 6.45) is 1.53. The van der Waals surface area contributed by atoms with Crippen LogP contribution < -0.4 is 11.3 Å². The van der Waals surface area contributed by atoms with Crippen molar-refractivity contribution in [3.8, 4) is 0 Å². The highest BCUT2D eigenvalue weighted by atomic mass is 16.2. The Bertz CT molecular complexity index is 292. The van der Waals surface area contributed by atoms with Gasteiger partial charge in [0.2, 0.25) is 0 Å². The minimum Gasteiger partial charge on any atom is -0.290 e. The number of carbonyl (C=O) groups excluding carboxylic acids is 1. The van der Waals surface area contributed by atoms with Crippen molar-refractivity contribution in [2.24, 2.45) is 5.84 Å². The number of nitrogens with two attached hydrogens (primary N) is 1. The molecule has 4 heteroatoms. The lowest BCUT2D eigenvalue weighted by Crippen LogP contribution is -2.30. The summed E-state index contributed by atoms with van der Waals surface area (Å²) in [5.41, 5.74) is 3.50. The number of aromatic nitrogens is 1. The van der Waals surface area contributed by atoms with Crippen molar-refractivity contribution in [2.45, 2.75) is 19.8 Å². The molecule has 4 nitrogen and oxygen atoms in total. The fraction of sp³-hybridized carbons (Fsp3) is 0.333. The molecule has 0 spiro atoms. The van der Waals surface area contributed by atoms with Gasteiger partial charge in [0.25, 0.3) is 5.91 Å². The van der Waals surface area contributed by atoms with E-state index in [9.17, 15) is 4.79 Å². The van der Waals surface area contributed by atoms with E-state index in [1.807, 2.05) is 19.9 Å². The Hall–Kier alpha value is -1.42. The Labute approximate surface area is 77.1 Å². The highest BCUT2D eigenvalue weighted by Gasteiger charge is 2.04. The van der Waals surface area contributed by atoms with E-state index < -0.39 is 0 Å². The zero-order chi connectivity index (χ0) is 9.84. The van der Waals surface area contributed by atoms with Crippen LogP contribution in [0.15, 0.2) is 18.3 Å². The summed E-state index contributed by atoms with van der Waals surface area (Å²) in [5, 5.41) is 0. The van der Waals surface area contributed by atoms with E-state index in [1.165, 1.54) is 6.20 Å². The standard InChI is InChI=1S/C9H13N3O/c1-6(2)8-4-3-7(5-11-8)9(13)12-10/h3-6H,10H2,1-2H3,(H,12,13). The Balaban J connectivity index is 2.87. The minimum absolute atomic E-state index is 0.317. The number of nitrogen functional groups attached to an aromatic ring is 1. The number of amides is 1. The number of carbonyl (C=O) groups is 1. The first-order valence-corrected chi connectivity index (χ1v) is 4.12. The van der Waals surface area contributed by atoms with E-state index in [0.717, 1.165) is 5.69 Å². The van der Waals surface area contributed by atoms with Gasteiger partial charge in [0.15, 0.2) is 0 Å². The van der Waals surface area contributed by atoms with E-state index in [0.29, 0.717) is 11.5 Å². The maximum atomic E-state index is 11.0. The average Bonchev–Trinajstić information content (AvgIpc) is 2.17. The molecule has 1 amide bonds. The third-order valence-corrected chi connectivity index (χ3v) is 1.77. The maximum absolute atomic E-state index is 11.0. The second-order valence-corrected chi connectivity index (χ2v) is 3.10. The molecule has 0 saturated heterocycles. The number of rotatable bonds is 2. The number of hydrazine groups is 1. The molecule has 13 heavy (non-hydrogen) atoms. The molecule has 1 aromatic heterocycles. The number of nitrogens with zero attached hydrogens (tertiary/aromatic N) is 1. The van der Waals surface area contributed by atoms with Gasteiger partial charge in [0.05, 0.1) is 5.56 Å². The number of hydrogen-bond donors (Lipinski definition) is 2. The van der Waals surface area contributed by atoms with E-state index in [4.69, 9.17) is 5.84 Å². The quantitative estimate of drug-likeness (QED) is 0.401. The van der Waals surface area contributed by atoms with Gasteiger partial charge in [-0.1, -0.05) is 13.8 Å². The summed E-state index contributed by atoms with van der Waals surface area (Å²) in [5.74, 6) is 5.03. The third kappa shape index (κ3) is 2.26. The van der Waals surface area contributed by atoms with Crippen LogP contribution >= 0.6 is 0 Å². The maximum Gasteiger partial charge on any atom is 0.266 e. The van der Waals surface area contributed by atoms with Crippen LogP contribution in [0.25, 0.3) is 0 Å². The zero-order valence-corrected chi connectivity index (χ0v) is 7.74. The topological polar surface area (TPSA) is 68.0 Å². The van der Waals surface area contributed by atoms with Gasteiger partial charge in [-0.25, -0.2) is 5.84 Å². The molecule has 0 saturated carbocycles. The monoisotopic (exact) mass is 179 g/mol. The van der Waals surface area contributed by atoms with Crippen LogP contribution in [0.3, 0.4) is 0 Å². The van der Waals surface area contributed by atoms with Gasteiger partial charge in [-0.15, -0.1) is 0 Å². The van der Waals surface area contributed by atoms with Gasteiger partial charge in [-0.05, 0) is 18.1 Å². The van der Waals surface area contributed by atoms with Gasteiger partial charge in [-0.3, -0.25) is 15.2 Å². The largest absolute Gasteiger partial charge is 0.290 e. The van der Waals surface area contributed by atoms with Crippen molar-refractivity contribution in [1.29, 1.82) is 0 Å². The first kappa shape index (κ1) is 9.67. The van der Waals surface area contributed by atoms with Gasteiger partial charge < -0.3 is 0 Å². The molecule has 3 N–H and O–H groups in total. The fourth-order valence-corrected chi connectivity index (χ4v) is 0.964. The number of pyridine rings is 1. The molecule has 70 valence electrons. The van der Waals surface area contributed by atoms with Crippen molar-refractivity contribution >= 4 is 5.91 Å². The molecule has 1 rings (SSSR count). The average molecular weight is 179 g/mol. The fourth-order valence-electron chi connectivity index (χ4n) is 0.964. The van der Waals surface area contributed by atoms with Gasteiger partial charge >= 0.3 is 0 Å². The highest BCUT2D eigenvalue weighted by Crippen LogP contribution is 2.10.